The summed E-state index contributed by atoms with van der Waals surface area (Å²) in [6.07, 6.45) is 1.45. The molecule has 0 radical (unpaired) electrons. The fourth-order valence-electron chi connectivity index (χ4n) is 2.09. The zero-order valence-electron chi connectivity index (χ0n) is 11.6. The number of carbonyl (C=O) groups is 1. The SMILES string of the molecule is CC(C)CN(Cc1occc1C(=O)O)CC(C)C. The molecule has 0 saturated heterocycles. The van der Waals surface area contributed by atoms with E-state index in [1.54, 1.807) is 0 Å². The Labute approximate surface area is 109 Å². The molecule has 0 spiro atoms. The van der Waals surface area contributed by atoms with Crippen LogP contribution in [0.3, 0.4) is 0 Å². The van der Waals surface area contributed by atoms with Gasteiger partial charge in [-0.2, -0.15) is 0 Å². The minimum atomic E-state index is -0.923. The van der Waals surface area contributed by atoms with E-state index in [-0.39, 0.29) is 5.56 Å². The highest BCUT2D eigenvalue weighted by atomic mass is 16.4. The van der Waals surface area contributed by atoms with Crippen LogP contribution in [0.1, 0.15) is 43.8 Å². The van der Waals surface area contributed by atoms with E-state index in [1.165, 1.54) is 12.3 Å². The van der Waals surface area contributed by atoms with Crippen molar-refractivity contribution < 1.29 is 14.3 Å². The number of carboxylic acids is 1. The topological polar surface area (TPSA) is 53.7 Å². The average molecular weight is 253 g/mol. The Kier molecular flexibility index (Phi) is 5.41. The quantitative estimate of drug-likeness (QED) is 0.811. The Hall–Kier alpha value is -1.29. The zero-order valence-corrected chi connectivity index (χ0v) is 11.6. The highest BCUT2D eigenvalue weighted by molar-refractivity contribution is 5.88. The number of hydrogen-bond acceptors (Lipinski definition) is 3. The lowest BCUT2D eigenvalue weighted by Crippen LogP contribution is -2.31. The molecule has 102 valence electrons. The molecule has 18 heavy (non-hydrogen) atoms. The van der Waals surface area contributed by atoms with E-state index in [0.717, 1.165) is 13.1 Å². The number of nitrogens with zero attached hydrogens (tertiary/aromatic N) is 1. The molecule has 0 fully saturated rings. The minimum absolute atomic E-state index is 0.271. The predicted molar refractivity (Wildman–Crippen MR) is 70.6 cm³/mol. The third kappa shape index (κ3) is 4.53. The van der Waals surface area contributed by atoms with E-state index in [1.807, 2.05) is 0 Å². The predicted octanol–water partition coefficient (Wildman–Crippen LogP) is 3.09. The maximum atomic E-state index is 11.0. The second kappa shape index (κ2) is 6.59. The lowest BCUT2D eigenvalue weighted by Gasteiger charge is -2.25. The lowest BCUT2D eigenvalue weighted by molar-refractivity contribution is 0.0692. The summed E-state index contributed by atoms with van der Waals surface area (Å²) in [5.41, 5.74) is 0.271. The summed E-state index contributed by atoms with van der Waals surface area (Å²) in [7, 11) is 0. The van der Waals surface area contributed by atoms with Crippen LogP contribution in [0.5, 0.6) is 0 Å². The number of rotatable bonds is 7. The van der Waals surface area contributed by atoms with Gasteiger partial charge in [-0.25, -0.2) is 4.79 Å². The molecule has 0 bridgehead atoms. The van der Waals surface area contributed by atoms with Gasteiger partial charge in [0.1, 0.15) is 11.3 Å². The molecule has 0 unspecified atom stereocenters. The second-order valence-corrected chi connectivity index (χ2v) is 5.54. The molecule has 1 aromatic rings. The van der Waals surface area contributed by atoms with Gasteiger partial charge in [-0.05, 0) is 17.9 Å². The molecular weight excluding hydrogens is 230 g/mol. The van der Waals surface area contributed by atoms with Crippen LogP contribution < -0.4 is 0 Å². The van der Waals surface area contributed by atoms with Gasteiger partial charge in [0.2, 0.25) is 0 Å². The van der Waals surface area contributed by atoms with Crippen LogP contribution in [-0.4, -0.2) is 29.1 Å². The number of aromatic carboxylic acids is 1. The van der Waals surface area contributed by atoms with E-state index >= 15 is 0 Å². The molecule has 1 aromatic heterocycles. The number of hydrogen-bond donors (Lipinski definition) is 1. The molecule has 4 heteroatoms. The molecule has 0 aliphatic carbocycles. The third-order valence-corrected chi connectivity index (χ3v) is 2.59. The maximum absolute atomic E-state index is 11.0. The first kappa shape index (κ1) is 14.8. The molecule has 0 aliphatic heterocycles. The molecule has 1 N–H and O–H groups in total. The molecule has 4 nitrogen and oxygen atoms in total. The van der Waals surface area contributed by atoms with Crippen molar-refractivity contribution in [2.24, 2.45) is 11.8 Å². The largest absolute Gasteiger partial charge is 0.478 e. The van der Waals surface area contributed by atoms with E-state index in [9.17, 15) is 4.79 Å². The van der Waals surface area contributed by atoms with Gasteiger partial charge in [-0.3, -0.25) is 4.90 Å². The van der Waals surface area contributed by atoms with Gasteiger partial charge < -0.3 is 9.52 Å². The van der Waals surface area contributed by atoms with Crippen LogP contribution in [0, 0.1) is 11.8 Å². The van der Waals surface area contributed by atoms with Crippen LogP contribution >= 0.6 is 0 Å². The van der Waals surface area contributed by atoms with E-state index in [0.29, 0.717) is 24.1 Å². The van der Waals surface area contributed by atoms with Gasteiger partial charge in [0, 0.05) is 13.1 Å². The molecule has 1 heterocycles. The number of carboxylic acid groups (broad SMARTS) is 1. The van der Waals surface area contributed by atoms with Crippen LogP contribution in [0.4, 0.5) is 0 Å². The van der Waals surface area contributed by atoms with Crippen molar-refractivity contribution in [3.8, 4) is 0 Å². The average Bonchev–Trinajstić information content (AvgIpc) is 2.63. The van der Waals surface area contributed by atoms with Crippen LogP contribution in [0.2, 0.25) is 0 Å². The monoisotopic (exact) mass is 253 g/mol. The standard InChI is InChI=1S/C14H23NO3/c1-10(2)7-15(8-11(3)4)9-13-12(14(16)17)5-6-18-13/h5-6,10-11H,7-9H2,1-4H3,(H,16,17). The summed E-state index contributed by atoms with van der Waals surface area (Å²) >= 11 is 0. The maximum Gasteiger partial charge on any atom is 0.339 e. The van der Waals surface area contributed by atoms with Gasteiger partial charge in [0.25, 0.3) is 0 Å². The Balaban J connectivity index is 2.75. The van der Waals surface area contributed by atoms with E-state index in [2.05, 4.69) is 32.6 Å². The number of furan rings is 1. The Morgan fingerprint density at radius 2 is 1.83 bits per heavy atom. The first-order valence-electron chi connectivity index (χ1n) is 6.42. The van der Waals surface area contributed by atoms with Gasteiger partial charge >= 0.3 is 5.97 Å². The second-order valence-electron chi connectivity index (χ2n) is 5.54. The summed E-state index contributed by atoms with van der Waals surface area (Å²) in [4.78, 5) is 13.3. The molecule has 1 rings (SSSR count). The van der Waals surface area contributed by atoms with Crippen LogP contribution in [0.15, 0.2) is 16.7 Å². The summed E-state index contributed by atoms with van der Waals surface area (Å²) in [5.74, 6) is 0.718. The first-order chi connectivity index (χ1) is 8.40. The summed E-state index contributed by atoms with van der Waals surface area (Å²) < 4.78 is 5.30. The van der Waals surface area contributed by atoms with Crippen LogP contribution in [-0.2, 0) is 6.54 Å². The normalized spacial score (nSPS) is 11.7. The minimum Gasteiger partial charge on any atom is -0.478 e. The summed E-state index contributed by atoms with van der Waals surface area (Å²) in [6.45, 7) is 11.1. The fourth-order valence-corrected chi connectivity index (χ4v) is 2.09. The molecule has 0 atom stereocenters. The zero-order chi connectivity index (χ0) is 13.7. The van der Waals surface area contributed by atoms with Gasteiger partial charge in [-0.1, -0.05) is 27.7 Å². The summed E-state index contributed by atoms with van der Waals surface area (Å²) in [6, 6.07) is 1.51. The van der Waals surface area contributed by atoms with Crippen molar-refractivity contribution in [2.45, 2.75) is 34.2 Å². The molecular formula is C14H23NO3. The third-order valence-electron chi connectivity index (χ3n) is 2.59. The van der Waals surface area contributed by atoms with Crippen molar-refractivity contribution in [3.05, 3.63) is 23.7 Å². The van der Waals surface area contributed by atoms with Crippen molar-refractivity contribution in [1.29, 1.82) is 0 Å². The molecule has 0 aromatic carbocycles. The molecule has 0 amide bonds. The van der Waals surface area contributed by atoms with Crippen molar-refractivity contribution >= 4 is 5.97 Å². The van der Waals surface area contributed by atoms with E-state index < -0.39 is 5.97 Å². The van der Waals surface area contributed by atoms with Gasteiger partial charge in [0.15, 0.2) is 0 Å². The molecule has 0 saturated carbocycles. The molecule has 0 aliphatic rings. The highest BCUT2D eigenvalue weighted by Crippen LogP contribution is 2.15. The first-order valence-corrected chi connectivity index (χ1v) is 6.42. The van der Waals surface area contributed by atoms with Crippen molar-refractivity contribution in [3.63, 3.8) is 0 Å². The van der Waals surface area contributed by atoms with E-state index in [4.69, 9.17) is 9.52 Å². The lowest BCUT2D eigenvalue weighted by atomic mass is 10.1. The highest BCUT2D eigenvalue weighted by Gasteiger charge is 2.17. The Morgan fingerprint density at radius 1 is 1.28 bits per heavy atom. The Morgan fingerprint density at radius 3 is 2.28 bits per heavy atom. The van der Waals surface area contributed by atoms with Gasteiger partial charge in [-0.15, -0.1) is 0 Å². The van der Waals surface area contributed by atoms with Crippen molar-refractivity contribution in [1.82, 2.24) is 4.90 Å². The van der Waals surface area contributed by atoms with Crippen molar-refractivity contribution in [2.75, 3.05) is 13.1 Å². The summed E-state index contributed by atoms with van der Waals surface area (Å²) in [5, 5.41) is 9.05. The van der Waals surface area contributed by atoms with Crippen LogP contribution in [0.25, 0.3) is 0 Å². The van der Waals surface area contributed by atoms with Gasteiger partial charge in [0.05, 0.1) is 12.8 Å². The smallest absolute Gasteiger partial charge is 0.339 e. The Bertz CT molecular complexity index is 372. The fraction of sp³-hybridized carbons (Fsp3) is 0.643.